The molecule has 4 bridgehead atoms. The van der Waals surface area contributed by atoms with Gasteiger partial charge in [0.2, 0.25) is 0 Å². The molecule has 0 amide bonds. The molecule has 1 spiro atoms. The molecular formula is C55H46N2. The van der Waals surface area contributed by atoms with E-state index in [1.165, 1.54) is 110 Å². The molecule has 4 fully saturated rings. The van der Waals surface area contributed by atoms with Crippen LogP contribution < -0.4 is 4.90 Å². The molecule has 0 unspecified atom stereocenters. The first-order chi connectivity index (χ1) is 28.0. The quantitative estimate of drug-likeness (QED) is 0.175. The second-order valence-electron chi connectivity index (χ2n) is 18.5. The van der Waals surface area contributed by atoms with Crippen molar-refractivity contribution in [3.05, 3.63) is 180 Å². The van der Waals surface area contributed by atoms with E-state index in [1.807, 2.05) is 0 Å². The van der Waals surface area contributed by atoms with Crippen molar-refractivity contribution in [3.63, 3.8) is 0 Å². The van der Waals surface area contributed by atoms with E-state index in [2.05, 4.69) is 181 Å². The molecule has 7 aromatic carbocycles. The summed E-state index contributed by atoms with van der Waals surface area (Å²) in [7, 11) is 0. The Kier molecular flexibility index (Phi) is 6.44. The Morgan fingerprint density at radius 3 is 1.72 bits per heavy atom. The van der Waals surface area contributed by atoms with Gasteiger partial charge in [-0.2, -0.15) is 0 Å². The monoisotopic (exact) mass is 734 g/mol. The molecule has 0 radical (unpaired) electrons. The van der Waals surface area contributed by atoms with Gasteiger partial charge in [0.25, 0.3) is 0 Å². The molecule has 2 heteroatoms. The normalized spacial score (nSPS) is 24.2. The van der Waals surface area contributed by atoms with Crippen LogP contribution in [0.4, 0.5) is 17.1 Å². The standard InChI is InChI=1S/C55H46N2/c1-54(2)42-20-9-6-17-39(42)51-44(54)22-12-25-47(51)57(50-28-14-27-49-53(50)41-19-8-11-24-46(41)56(49)38-15-4-3-5-16-38)48-26-13-23-45-52(48)40-18-7-10-21-43(40)55(45)36-30-34-29-35(32-36)33-37(55)31-34/h3-28,34-37H,29-33H2,1-2H3. The lowest BCUT2D eigenvalue weighted by atomic mass is 9.43. The van der Waals surface area contributed by atoms with E-state index in [0.29, 0.717) is 11.8 Å². The van der Waals surface area contributed by atoms with Crippen molar-refractivity contribution in [3.8, 4) is 27.9 Å². The van der Waals surface area contributed by atoms with Crippen molar-refractivity contribution in [1.82, 2.24) is 4.57 Å². The number of anilines is 3. The predicted molar refractivity (Wildman–Crippen MR) is 236 cm³/mol. The zero-order valence-electron chi connectivity index (χ0n) is 32.8. The molecule has 0 N–H and O–H groups in total. The fraction of sp³-hybridized carbons (Fsp3) is 0.236. The zero-order chi connectivity index (χ0) is 37.6. The number of hydrogen-bond donors (Lipinski definition) is 0. The van der Waals surface area contributed by atoms with Crippen molar-refractivity contribution < 1.29 is 0 Å². The number of benzene rings is 7. The van der Waals surface area contributed by atoms with Gasteiger partial charge in [-0.1, -0.05) is 129 Å². The lowest BCUT2D eigenvalue weighted by Crippen LogP contribution is -2.55. The van der Waals surface area contributed by atoms with E-state index in [1.54, 1.807) is 11.1 Å². The molecule has 276 valence electrons. The largest absolute Gasteiger partial charge is 0.309 e. The maximum atomic E-state index is 2.70. The van der Waals surface area contributed by atoms with Crippen LogP contribution in [0.3, 0.4) is 0 Å². The molecule has 6 aliphatic rings. The van der Waals surface area contributed by atoms with E-state index in [4.69, 9.17) is 0 Å². The van der Waals surface area contributed by atoms with E-state index in [-0.39, 0.29) is 10.8 Å². The van der Waals surface area contributed by atoms with Gasteiger partial charge in [0.15, 0.2) is 0 Å². The van der Waals surface area contributed by atoms with Crippen molar-refractivity contribution in [2.45, 2.75) is 56.8 Å². The first-order valence-corrected chi connectivity index (χ1v) is 21.4. The van der Waals surface area contributed by atoms with Gasteiger partial charge in [0.05, 0.1) is 28.1 Å². The van der Waals surface area contributed by atoms with Gasteiger partial charge >= 0.3 is 0 Å². The molecule has 14 rings (SSSR count). The summed E-state index contributed by atoms with van der Waals surface area (Å²) < 4.78 is 2.47. The van der Waals surface area contributed by atoms with E-state index in [0.717, 1.165) is 11.8 Å². The topological polar surface area (TPSA) is 8.17 Å². The highest BCUT2D eigenvalue weighted by atomic mass is 15.2. The number of fused-ring (bicyclic) bond motifs is 9. The van der Waals surface area contributed by atoms with E-state index >= 15 is 0 Å². The van der Waals surface area contributed by atoms with Gasteiger partial charge in [-0.3, -0.25) is 0 Å². The Labute approximate surface area is 335 Å². The highest BCUT2D eigenvalue weighted by Crippen LogP contribution is 2.70. The third kappa shape index (κ3) is 4.06. The Morgan fingerprint density at radius 2 is 0.982 bits per heavy atom. The maximum Gasteiger partial charge on any atom is 0.0562 e. The van der Waals surface area contributed by atoms with Gasteiger partial charge in [-0.25, -0.2) is 0 Å². The lowest BCUT2D eigenvalue weighted by molar-refractivity contribution is -0.0399. The van der Waals surface area contributed by atoms with Crippen LogP contribution in [0, 0.1) is 23.7 Å². The molecule has 0 aliphatic heterocycles. The Balaban J connectivity index is 1.16. The highest BCUT2D eigenvalue weighted by molar-refractivity contribution is 6.18. The SMILES string of the molecule is CC1(C)c2ccccc2-c2c(N(c3cccc4c3-c3ccccc3C43C4CC5CC(C4)CC3C5)c3cccc4c3c3ccccc3n4-c3ccccc3)cccc21. The van der Waals surface area contributed by atoms with Crippen LogP contribution in [-0.2, 0) is 10.8 Å². The minimum atomic E-state index is -0.112. The molecule has 0 saturated heterocycles. The Hall–Kier alpha value is -5.86. The maximum absolute atomic E-state index is 2.70. The van der Waals surface area contributed by atoms with Gasteiger partial charge in [0, 0.05) is 38.4 Å². The highest BCUT2D eigenvalue weighted by Gasteiger charge is 2.62. The number of para-hydroxylation sites is 2. The molecule has 4 saturated carbocycles. The molecule has 0 atom stereocenters. The third-order valence-corrected chi connectivity index (χ3v) is 15.6. The minimum absolute atomic E-state index is 0.0869. The van der Waals surface area contributed by atoms with Crippen LogP contribution in [0.25, 0.3) is 49.7 Å². The lowest BCUT2D eigenvalue weighted by Gasteiger charge is -2.61. The average molecular weight is 735 g/mol. The van der Waals surface area contributed by atoms with Gasteiger partial charge in [-0.05, 0) is 132 Å². The second-order valence-corrected chi connectivity index (χ2v) is 18.5. The number of hydrogen-bond acceptors (Lipinski definition) is 1. The van der Waals surface area contributed by atoms with Crippen molar-refractivity contribution in [1.29, 1.82) is 0 Å². The van der Waals surface area contributed by atoms with Crippen molar-refractivity contribution in [2.75, 3.05) is 4.90 Å². The Bertz CT molecular complexity index is 2930. The van der Waals surface area contributed by atoms with Gasteiger partial charge < -0.3 is 9.47 Å². The summed E-state index contributed by atoms with van der Waals surface area (Å²) >= 11 is 0. The smallest absolute Gasteiger partial charge is 0.0562 e. The van der Waals surface area contributed by atoms with Crippen molar-refractivity contribution in [2.24, 2.45) is 23.7 Å². The van der Waals surface area contributed by atoms with Crippen LogP contribution in [0.2, 0.25) is 0 Å². The van der Waals surface area contributed by atoms with Gasteiger partial charge in [-0.15, -0.1) is 0 Å². The fourth-order valence-electron chi connectivity index (χ4n) is 13.7. The minimum Gasteiger partial charge on any atom is -0.309 e. The summed E-state index contributed by atoms with van der Waals surface area (Å²) in [6.45, 7) is 4.82. The predicted octanol–water partition coefficient (Wildman–Crippen LogP) is 14.3. The molecule has 1 heterocycles. The summed E-state index contributed by atoms with van der Waals surface area (Å²) in [6, 6.07) is 60.2. The van der Waals surface area contributed by atoms with Crippen LogP contribution in [0.5, 0.6) is 0 Å². The molecule has 8 aromatic rings. The van der Waals surface area contributed by atoms with Gasteiger partial charge in [0.1, 0.15) is 0 Å². The summed E-state index contributed by atoms with van der Waals surface area (Å²) in [4.78, 5) is 2.70. The zero-order valence-corrected chi connectivity index (χ0v) is 32.8. The first-order valence-electron chi connectivity index (χ1n) is 21.4. The molecule has 1 aromatic heterocycles. The first kappa shape index (κ1) is 32.2. The molecule has 2 nitrogen and oxygen atoms in total. The summed E-state index contributed by atoms with van der Waals surface area (Å²) in [5.74, 6) is 3.23. The third-order valence-electron chi connectivity index (χ3n) is 15.6. The molecule has 57 heavy (non-hydrogen) atoms. The summed E-state index contributed by atoms with van der Waals surface area (Å²) in [6.07, 6.45) is 6.98. The van der Waals surface area contributed by atoms with E-state index < -0.39 is 0 Å². The van der Waals surface area contributed by atoms with Crippen LogP contribution in [0.1, 0.15) is 68.2 Å². The Morgan fingerprint density at radius 1 is 0.456 bits per heavy atom. The fourth-order valence-corrected chi connectivity index (χ4v) is 13.7. The summed E-state index contributed by atoms with van der Waals surface area (Å²) in [5.41, 5.74) is 19.0. The number of nitrogens with zero attached hydrogens (tertiary/aromatic N) is 2. The summed E-state index contributed by atoms with van der Waals surface area (Å²) in [5, 5.41) is 2.56. The number of rotatable bonds is 4. The van der Waals surface area contributed by atoms with Crippen molar-refractivity contribution >= 4 is 38.9 Å². The van der Waals surface area contributed by atoms with Crippen LogP contribution >= 0.6 is 0 Å². The van der Waals surface area contributed by atoms with Crippen LogP contribution in [-0.4, -0.2) is 4.57 Å². The second kappa shape index (κ2) is 11.4. The van der Waals surface area contributed by atoms with E-state index in [9.17, 15) is 0 Å². The molecule has 6 aliphatic carbocycles. The molecular weight excluding hydrogens is 689 g/mol. The van der Waals surface area contributed by atoms with Crippen LogP contribution in [0.15, 0.2) is 158 Å². The number of aromatic nitrogens is 1. The average Bonchev–Trinajstić information content (AvgIpc) is 3.83.